The van der Waals surface area contributed by atoms with Crippen molar-refractivity contribution in [3.8, 4) is 6.07 Å². The van der Waals surface area contributed by atoms with Crippen LogP contribution in [-0.4, -0.2) is 18.3 Å². The summed E-state index contributed by atoms with van der Waals surface area (Å²) < 4.78 is 35.8. The molecule has 0 rings (SSSR count). The van der Waals surface area contributed by atoms with Crippen LogP contribution in [0.15, 0.2) is 0 Å². The molecule has 1 atom stereocenters. The van der Waals surface area contributed by atoms with Gasteiger partial charge in [-0.1, -0.05) is 26.2 Å². The lowest BCUT2D eigenvalue weighted by Crippen LogP contribution is -2.45. The van der Waals surface area contributed by atoms with Gasteiger partial charge in [-0.3, -0.25) is 5.32 Å². The summed E-state index contributed by atoms with van der Waals surface area (Å²) in [7, 11) is 0. The van der Waals surface area contributed by atoms with Crippen molar-refractivity contribution in [2.75, 3.05) is 6.54 Å². The average Bonchev–Trinajstić information content (AvgIpc) is 2.14. The van der Waals surface area contributed by atoms with Gasteiger partial charge in [0.15, 0.2) is 0 Å². The number of alkyl halides is 3. The molecule has 0 amide bonds. The summed E-state index contributed by atoms with van der Waals surface area (Å²) in [5.41, 5.74) is -1.06. The number of nitrogens with zero attached hydrogens (tertiary/aromatic N) is 1. The Kier molecular flexibility index (Phi) is 5.66. The van der Waals surface area contributed by atoms with E-state index in [2.05, 4.69) is 5.32 Å². The number of hydrogen-bond donors (Lipinski definition) is 1. The first-order chi connectivity index (χ1) is 6.83. The Labute approximate surface area is 88.5 Å². The number of hydrogen-bond acceptors (Lipinski definition) is 2. The van der Waals surface area contributed by atoms with Gasteiger partial charge in [-0.15, -0.1) is 0 Å². The van der Waals surface area contributed by atoms with Crippen LogP contribution in [-0.2, 0) is 0 Å². The van der Waals surface area contributed by atoms with Crippen molar-refractivity contribution < 1.29 is 13.2 Å². The molecule has 0 aliphatic carbocycles. The van der Waals surface area contributed by atoms with Crippen molar-refractivity contribution in [2.45, 2.75) is 51.2 Å². The molecule has 1 unspecified atom stereocenters. The minimum absolute atomic E-state index is 0.452. The molecule has 88 valence electrons. The lowest BCUT2D eigenvalue weighted by molar-refractivity contribution is -0.127. The van der Waals surface area contributed by atoms with Crippen molar-refractivity contribution in [1.29, 1.82) is 5.26 Å². The maximum Gasteiger partial charge on any atom is 0.401 e. The van der Waals surface area contributed by atoms with E-state index < -0.39 is 18.3 Å². The topological polar surface area (TPSA) is 35.8 Å². The fourth-order valence-corrected chi connectivity index (χ4v) is 1.21. The fourth-order valence-electron chi connectivity index (χ4n) is 1.21. The monoisotopic (exact) mass is 222 g/mol. The number of rotatable bonds is 6. The molecule has 0 bridgehead atoms. The van der Waals surface area contributed by atoms with E-state index in [0.29, 0.717) is 6.42 Å². The first kappa shape index (κ1) is 14.2. The van der Waals surface area contributed by atoms with Gasteiger partial charge in [0.1, 0.15) is 5.54 Å². The molecular formula is C10H17F3N2. The van der Waals surface area contributed by atoms with Crippen molar-refractivity contribution in [2.24, 2.45) is 0 Å². The molecule has 0 saturated heterocycles. The maximum absolute atomic E-state index is 11.9. The van der Waals surface area contributed by atoms with Crippen molar-refractivity contribution in [1.82, 2.24) is 5.32 Å². The predicted molar refractivity (Wildman–Crippen MR) is 52.2 cm³/mol. The Balaban J connectivity index is 4.03. The highest BCUT2D eigenvalue weighted by atomic mass is 19.4. The molecule has 0 heterocycles. The van der Waals surface area contributed by atoms with Gasteiger partial charge < -0.3 is 0 Å². The van der Waals surface area contributed by atoms with Crippen molar-refractivity contribution in [3.05, 3.63) is 0 Å². The second-order valence-electron chi connectivity index (χ2n) is 3.87. The number of nitrogens with one attached hydrogen (secondary N) is 1. The second-order valence-corrected chi connectivity index (χ2v) is 3.87. The van der Waals surface area contributed by atoms with Crippen LogP contribution >= 0.6 is 0 Å². The highest BCUT2D eigenvalue weighted by Gasteiger charge is 2.32. The van der Waals surface area contributed by atoms with Gasteiger partial charge in [0, 0.05) is 0 Å². The van der Waals surface area contributed by atoms with Crippen LogP contribution in [0.4, 0.5) is 13.2 Å². The molecule has 0 spiro atoms. The van der Waals surface area contributed by atoms with Crippen LogP contribution in [0.5, 0.6) is 0 Å². The highest BCUT2D eigenvalue weighted by Crippen LogP contribution is 2.18. The molecule has 0 saturated carbocycles. The summed E-state index contributed by atoms with van der Waals surface area (Å²) in [6.45, 7) is 2.41. The third-order valence-electron chi connectivity index (χ3n) is 2.21. The normalized spacial score (nSPS) is 15.7. The minimum Gasteiger partial charge on any atom is -0.291 e. The fraction of sp³-hybridized carbons (Fsp3) is 0.900. The number of unbranched alkanes of at least 4 members (excludes halogenated alkanes) is 2. The summed E-state index contributed by atoms with van der Waals surface area (Å²) in [4.78, 5) is 0. The Morgan fingerprint density at radius 2 is 1.87 bits per heavy atom. The summed E-state index contributed by atoms with van der Waals surface area (Å²) in [6, 6.07) is 1.90. The molecule has 0 aromatic carbocycles. The number of nitriles is 1. The summed E-state index contributed by atoms with van der Waals surface area (Å²) in [5.74, 6) is 0. The minimum atomic E-state index is -4.26. The molecule has 0 aromatic rings. The molecular weight excluding hydrogens is 205 g/mol. The molecule has 0 aromatic heterocycles. The molecule has 2 nitrogen and oxygen atoms in total. The standard InChI is InChI=1S/C10H17F3N2/c1-3-4-5-6-9(2,7-14)15-8-10(11,12)13/h15H,3-6,8H2,1-2H3. The van der Waals surface area contributed by atoms with Crippen LogP contribution < -0.4 is 5.32 Å². The highest BCUT2D eigenvalue weighted by molar-refractivity contribution is 5.03. The largest absolute Gasteiger partial charge is 0.401 e. The van der Waals surface area contributed by atoms with Crippen molar-refractivity contribution >= 4 is 0 Å². The summed E-state index contributed by atoms with van der Waals surface area (Å²) >= 11 is 0. The van der Waals surface area contributed by atoms with Crippen LogP contribution in [0.3, 0.4) is 0 Å². The van der Waals surface area contributed by atoms with Gasteiger partial charge in [-0.2, -0.15) is 18.4 Å². The van der Waals surface area contributed by atoms with Gasteiger partial charge in [-0.25, -0.2) is 0 Å². The summed E-state index contributed by atoms with van der Waals surface area (Å²) in [6.07, 6.45) is -1.12. The Morgan fingerprint density at radius 1 is 1.27 bits per heavy atom. The van der Waals surface area contributed by atoms with E-state index in [0.717, 1.165) is 19.3 Å². The van der Waals surface area contributed by atoms with Crippen LogP contribution in [0.25, 0.3) is 0 Å². The zero-order valence-corrected chi connectivity index (χ0v) is 9.12. The molecule has 0 fully saturated rings. The van der Waals surface area contributed by atoms with Gasteiger partial charge >= 0.3 is 6.18 Å². The van der Waals surface area contributed by atoms with Crippen LogP contribution in [0.2, 0.25) is 0 Å². The lowest BCUT2D eigenvalue weighted by Gasteiger charge is -2.23. The van der Waals surface area contributed by atoms with Crippen LogP contribution in [0, 0.1) is 11.3 Å². The van der Waals surface area contributed by atoms with E-state index >= 15 is 0 Å². The van der Waals surface area contributed by atoms with Gasteiger partial charge in [0.2, 0.25) is 0 Å². The average molecular weight is 222 g/mol. The van der Waals surface area contributed by atoms with E-state index in [1.54, 1.807) is 0 Å². The smallest absolute Gasteiger partial charge is 0.291 e. The quantitative estimate of drug-likeness (QED) is 0.701. The third-order valence-corrected chi connectivity index (χ3v) is 2.21. The first-order valence-corrected chi connectivity index (χ1v) is 5.06. The molecule has 0 aliphatic heterocycles. The molecule has 15 heavy (non-hydrogen) atoms. The van der Waals surface area contributed by atoms with E-state index in [1.807, 2.05) is 13.0 Å². The van der Waals surface area contributed by atoms with E-state index in [1.165, 1.54) is 6.92 Å². The van der Waals surface area contributed by atoms with E-state index in [9.17, 15) is 13.2 Å². The van der Waals surface area contributed by atoms with Gasteiger partial charge in [0.25, 0.3) is 0 Å². The van der Waals surface area contributed by atoms with E-state index in [4.69, 9.17) is 5.26 Å². The zero-order chi connectivity index (χ0) is 11.9. The molecule has 5 heteroatoms. The molecule has 0 aliphatic rings. The Morgan fingerprint density at radius 3 is 2.27 bits per heavy atom. The lowest BCUT2D eigenvalue weighted by atomic mass is 9.96. The van der Waals surface area contributed by atoms with Gasteiger partial charge in [0.05, 0.1) is 12.6 Å². The van der Waals surface area contributed by atoms with Crippen LogP contribution in [0.1, 0.15) is 39.5 Å². The summed E-state index contributed by atoms with van der Waals surface area (Å²) in [5, 5.41) is 11.1. The maximum atomic E-state index is 11.9. The van der Waals surface area contributed by atoms with E-state index in [-0.39, 0.29) is 0 Å². The number of halogens is 3. The Hall–Kier alpha value is -0.760. The molecule has 0 radical (unpaired) electrons. The predicted octanol–water partition coefficient (Wildman–Crippen LogP) is 3.00. The SMILES string of the molecule is CCCCCC(C)(C#N)NCC(F)(F)F. The zero-order valence-electron chi connectivity index (χ0n) is 9.12. The van der Waals surface area contributed by atoms with Crippen molar-refractivity contribution in [3.63, 3.8) is 0 Å². The second kappa shape index (κ2) is 5.96. The Bertz CT molecular complexity index is 220. The first-order valence-electron chi connectivity index (χ1n) is 5.06. The van der Waals surface area contributed by atoms with Gasteiger partial charge in [-0.05, 0) is 13.3 Å². The third kappa shape index (κ3) is 7.20. The molecule has 1 N–H and O–H groups in total.